The smallest absolute Gasteiger partial charge is 0.361 e. The highest BCUT2D eigenvalue weighted by atomic mass is 19.1. The van der Waals surface area contributed by atoms with Gasteiger partial charge in [-0.1, -0.05) is 30.3 Å². The van der Waals surface area contributed by atoms with Crippen LogP contribution in [-0.4, -0.2) is 118 Å². The van der Waals surface area contributed by atoms with Crippen molar-refractivity contribution in [1.82, 2.24) is 39.8 Å². The number of anilines is 2. The van der Waals surface area contributed by atoms with E-state index in [1.165, 1.54) is 95.5 Å². The molecule has 1 atom stereocenters. The van der Waals surface area contributed by atoms with Gasteiger partial charge in [0.2, 0.25) is 6.10 Å². The van der Waals surface area contributed by atoms with E-state index in [1.54, 1.807) is 36.5 Å². The Bertz CT molecular complexity index is 1820. The summed E-state index contributed by atoms with van der Waals surface area (Å²) in [5, 5.41) is 10.8. The molecule has 2 aromatic heterocycles. The summed E-state index contributed by atoms with van der Waals surface area (Å²) in [5.74, 6) is -1.22. The van der Waals surface area contributed by atoms with E-state index in [0.29, 0.717) is 22.5 Å². The zero-order valence-corrected chi connectivity index (χ0v) is 30.8. The molecule has 4 N–H and O–H groups in total. The maximum atomic E-state index is 13.5. The Labute approximate surface area is 316 Å². The first-order valence-electron chi connectivity index (χ1n) is 19.2. The van der Waals surface area contributed by atoms with Crippen molar-refractivity contribution >= 4 is 23.4 Å². The average molecular weight is 739 g/mol. The van der Waals surface area contributed by atoms with Crippen LogP contribution in [0.15, 0.2) is 73.2 Å². The fourth-order valence-electron chi connectivity index (χ4n) is 7.71. The number of carbonyl (C=O) groups is 2. The fourth-order valence-corrected chi connectivity index (χ4v) is 7.71. The number of nitrogens with one attached hydrogen (secondary N) is 2. The van der Waals surface area contributed by atoms with E-state index in [4.69, 9.17) is 10.5 Å². The summed E-state index contributed by atoms with van der Waals surface area (Å²) in [6.45, 7) is 12.7. The Hall–Kier alpha value is -4.76. The number of hydrogen-bond donors (Lipinski definition) is 3. The van der Waals surface area contributed by atoms with E-state index in [2.05, 4.69) is 40.4 Å². The molecule has 0 aliphatic carbocycles. The number of rotatable bonds is 13. The van der Waals surface area contributed by atoms with E-state index >= 15 is 0 Å². The van der Waals surface area contributed by atoms with Crippen LogP contribution in [0.1, 0.15) is 60.3 Å². The second-order valence-corrected chi connectivity index (χ2v) is 14.7. The number of nitrogens with two attached hydrogens (primary N) is 1. The normalized spacial score (nSPS) is 18.7. The van der Waals surface area contributed by atoms with Gasteiger partial charge in [0.05, 0.1) is 24.1 Å². The molecule has 4 aromatic rings. The Kier molecular flexibility index (Phi) is 12.5. The van der Waals surface area contributed by atoms with Crippen molar-refractivity contribution in [3.05, 3.63) is 90.3 Å². The van der Waals surface area contributed by atoms with E-state index in [1.807, 2.05) is 10.9 Å². The molecule has 3 aliphatic rings. The maximum absolute atomic E-state index is 13.5. The third-order valence-corrected chi connectivity index (χ3v) is 10.9. The van der Waals surface area contributed by atoms with Crippen LogP contribution < -0.4 is 16.4 Å². The first-order chi connectivity index (χ1) is 26.4. The maximum Gasteiger partial charge on any atom is 0.361 e. The third kappa shape index (κ3) is 9.85. The first kappa shape index (κ1) is 37.6. The lowest BCUT2D eigenvalue weighted by molar-refractivity contribution is -0.125. The number of esters is 1. The number of carbonyl (C=O) groups excluding carboxylic acids is 2. The molecule has 5 heterocycles. The molecule has 3 aliphatic heterocycles. The number of ether oxygens (including phenoxy) is 1. The second-order valence-electron chi connectivity index (χ2n) is 14.7. The summed E-state index contributed by atoms with van der Waals surface area (Å²) >= 11 is 0. The van der Waals surface area contributed by atoms with Crippen molar-refractivity contribution in [2.75, 3.05) is 83.0 Å². The standard InChI is InChI=1S/C40H51FN10O3/c41-32-7-9-33(10-8-32)46-39(52)37(30-5-2-1-3-6-30)54-40(53)36-38(42)44-26-35(47-36)31-25-45-51(28-31)34-13-19-48(20-14-34)17-4-18-49-21-23-50(24-22-49)27-29-11-15-43-16-12-29/h1-3,5-10,25-26,28-29,34,37,43H,4,11-24,27H2,(H2,42,44)(H,46,52)/t37-/m1/s1. The largest absolute Gasteiger partial charge is 0.442 e. The van der Waals surface area contributed by atoms with Crippen molar-refractivity contribution in [3.63, 3.8) is 0 Å². The van der Waals surface area contributed by atoms with Gasteiger partial charge in [-0.25, -0.2) is 19.2 Å². The molecule has 286 valence electrons. The molecule has 7 rings (SSSR count). The molecule has 14 heteroatoms. The molecule has 0 spiro atoms. The molecule has 0 radical (unpaired) electrons. The predicted octanol–water partition coefficient (Wildman–Crippen LogP) is 4.24. The topological polar surface area (TPSA) is 147 Å². The summed E-state index contributed by atoms with van der Waals surface area (Å²) in [6, 6.07) is 14.2. The van der Waals surface area contributed by atoms with Crippen molar-refractivity contribution in [2.45, 2.75) is 44.2 Å². The van der Waals surface area contributed by atoms with Gasteiger partial charge in [-0.3, -0.25) is 9.48 Å². The minimum Gasteiger partial charge on any atom is -0.442 e. The van der Waals surface area contributed by atoms with Crippen LogP contribution in [0.5, 0.6) is 0 Å². The van der Waals surface area contributed by atoms with Crippen molar-refractivity contribution in [3.8, 4) is 11.3 Å². The first-order valence-corrected chi connectivity index (χ1v) is 19.2. The van der Waals surface area contributed by atoms with E-state index in [0.717, 1.165) is 44.9 Å². The molecular weight excluding hydrogens is 688 g/mol. The van der Waals surface area contributed by atoms with Gasteiger partial charge in [-0.15, -0.1) is 0 Å². The Morgan fingerprint density at radius 2 is 1.57 bits per heavy atom. The van der Waals surface area contributed by atoms with Crippen LogP contribution in [0.2, 0.25) is 0 Å². The summed E-state index contributed by atoms with van der Waals surface area (Å²) in [7, 11) is 0. The van der Waals surface area contributed by atoms with Crippen LogP contribution in [0.3, 0.4) is 0 Å². The Balaban J connectivity index is 0.896. The van der Waals surface area contributed by atoms with Gasteiger partial charge in [-0.05, 0) is 88.5 Å². The van der Waals surface area contributed by atoms with Gasteiger partial charge in [0.15, 0.2) is 11.5 Å². The lowest BCUT2D eigenvalue weighted by Crippen LogP contribution is -2.49. The highest BCUT2D eigenvalue weighted by Crippen LogP contribution is 2.27. The number of aromatic nitrogens is 4. The van der Waals surface area contributed by atoms with Gasteiger partial charge < -0.3 is 35.8 Å². The summed E-state index contributed by atoms with van der Waals surface area (Å²) in [4.78, 5) is 43.4. The number of nitrogens with zero attached hydrogens (tertiary/aromatic N) is 7. The van der Waals surface area contributed by atoms with E-state index < -0.39 is 23.8 Å². The third-order valence-electron chi connectivity index (χ3n) is 10.9. The number of nitrogen functional groups attached to an aromatic ring is 1. The zero-order valence-electron chi connectivity index (χ0n) is 30.8. The van der Waals surface area contributed by atoms with Crippen molar-refractivity contribution in [2.24, 2.45) is 5.92 Å². The number of likely N-dealkylation sites (tertiary alicyclic amines) is 1. The Morgan fingerprint density at radius 3 is 2.30 bits per heavy atom. The summed E-state index contributed by atoms with van der Waals surface area (Å²) < 4.78 is 21.1. The minimum absolute atomic E-state index is 0.121. The number of hydrogen-bond acceptors (Lipinski definition) is 11. The molecule has 0 unspecified atom stereocenters. The average Bonchev–Trinajstić information content (AvgIpc) is 3.70. The molecule has 3 saturated heterocycles. The lowest BCUT2D eigenvalue weighted by atomic mass is 9.97. The van der Waals surface area contributed by atoms with Gasteiger partial charge >= 0.3 is 5.97 Å². The van der Waals surface area contributed by atoms with E-state index in [9.17, 15) is 14.0 Å². The van der Waals surface area contributed by atoms with E-state index in [-0.39, 0.29) is 17.6 Å². The summed E-state index contributed by atoms with van der Waals surface area (Å²) in [6.07, 6.45) is 9.66. The number of piperazine rings is 1. The Morgan fingerprint density at radius 1 is 0.889 bits per heavy atom. The lowest BCUT2D eigenvalue weighted by Gasteiger charge is -2.38. The van der Waals surface area contributed by atoms with Crippen LogP contribution in [-0.2, 0) is 9.53 Å². The highest BCUT2D eigenvalue weighted by Gasteiger charge is 2.29. The van der Waals surface area contributed by atoms with Gasteiger partial charge in [0, 0.05) is 68.8 Å². The second kappa shape index (κ2) is 18.0. The SMILES string of the molecule is Nc1ncc(-c2cnn(C3CCN(CCCN4CCN(CC5CCNCC5)CC4)CC3)c2)nc1C(=O)O[C@@H](C(=O)Nc1ccc(F)cc1)c1ccccc1. The summed E-state index contributed by atoms with van der Waals surface area (Å²) in [5.41, 5.74) is 7.81. The number of benzene rings is 2. The quantitative estimate of drug-likeness (QED) is 0.169. The molecular formula is C40H51FN10O3. The molecule has 13 nitrogen and oxygen atoms in total. The number of piperidine rings is 2. The molecule has 2 aromatic carbocycles. The molecule has 3 fully saturated rings. The molecule has 0 bridgehead atoms. The molecule has 0 saturated carbocycles. The van der Waals surface area contributed by atoms with Crippen LogP contribution in [0.25, 0.3) is 11.3 Å². The van der Waals surface area contributed by atoms with Gasteiger partial charge in [0.1, 0.15) is 5.82 Å². The van der Waals surface area contributed by atoms with Crippen LogP contribution >= 0.6 is 0 Å². The van der Waals surface area contributed by atoms with Gasteiger partial charge in [0.25, 0.3) is 5.91 Å². The molecule has 1 amide bonds. The van der Waals surface area contributed by atoms with Crippen molar-refractivity contribution < 1.29 is 18.7 Å². The number of halogens is 1. The number of amides is 1. The van der Waals surface area contributed by atoms with Crippen molar-refractivity contribution in [1.29, 1.82) is 0 Å². The zero-order chi connectivity index (χ0) is 37.3. The molecule has 54 heavy (non-hydrogen) atoms. The highest BCUT2D eigenvalue weighted by molar-refractivity contribution is 5.99. The predicted molar refractivity (Wildman–Crippen MR) is 205 cm³/mol. The minimum atomic E-state index is -1.33. The monoisotopic (exact) mass is 738 g/mol. The fraction of sp³-hybridized carbons (Fsp3) is 0.475. The van der Waals surface area contributed by atoms with Crippen LogP contribution in [0.4, 0.5) is 15.9 Å². The van der Waals surface area contributed by atoms with Crippen LogP contribution in [0, 0.1) is 11.7 Å². The van der Waals surface area contributed by atoms with Gasteiger partial charge in [-0.2, -0.15) is 5.10 Å².